The number of aromatic nitrogens is 2. The number of rotatable bonds is 4. The monoisotopic (exact) mass is 393 g/mol. The lowest BCUT2D eigenvalue weighted by Crippen LogP contribution is -2.37. The number of ether oxygens (including phenoxy) is 1. The highest BCUT2D eigenvalue weighted by atomic mass is 16.5. The topological polar surface area (TPSA) is 95.3 Å². The molecule has 2 aromatic heterocycles. The Hall–Kier alpha value is -3.35. The number of Topliss-reactive ketones (excluding diaryl/α,β-unsaturated/α-hetero) is 1. The molecule has 0 fully saturated rings. The standard InChI is InChI=1S/C22H23N3O4/c1-12-20(22(28)29-3)18(24-21(12)13(2)26)10-19(27)25-9-8-17-15(11-25)14-6-4-5-7-16(14)23-17/h4-7,23-24H,8-11H2,1-3H3. The first kappa shape index (κ1) is 19.0. The summed E-state index contributed by atoms with van der Waals surface area (Å²) < 4.78 is 4.86. The van der Waals surface area contributed by atoms with Crippen molar-refractivity contribution in [3.63, 3.8) is 0 Å². The van der Waals surface area contributed by atoms with Crippen LogP contribution in [0.15, 0.2) is 24.3 Å². The van der Waals surface area contributed by atoms with Crippen LogP contribution in [0.5, 0.6) is 0 Å². The molecular formula is C22H23N3O4. The van der Waals surface area contributed by atoms with Crippen LogP contribution < -0.4 is 0 Å². The van der Waals surface area contributed by atoms with Gasteiger partial charge in [-0.25, -0.2) is 4.79 Å². The third-order valence-electron chi connectivity index (χ3n) is 5.63. The Kier molecular flexibility index (Phi) is 4.74. The van der Waals surface area contributed by atoms with Gasteiger partial charge >= 0.3 is 5.97 Å². The van der Waals surface area contributed by atoms with Crippen LogP contribution in [0.1, 0.15) is 50.3 Å². The molecule has 0 atom stereocenters. The molecule has 2 N–H and O–H groups in total. The Balaban J connectivity index is 1.61. The van der Waals surface area contributed by atoms with Gasteiger partial charge in [0.05, 0.1) is 24.8 Å². The summed E-state index contributed by atoms with van der Waals surface area (Å²) in [6, 6.07) is 8.07. The summed E-state index contributed by atoms with van der Waals surface area (Å²) in [5, 5.41) is 1.13. The molecule has 0 saturated heterocycles. The Labute approximate surface area is 168 Å². The number of nitrogens with one attached hydrogen (secondary N) is 2. The van der Waals surface area contributed by atoms with Crippen molar-refractivity contribution >= 4 is 28.6 Å². The first-order valence-corrected chi connectivity index (χ1v) is 9.57. The van der Waals surface area contributed by atoms with E-state index in [0.717, 1.165) is 22.9 Å². The number of amides is 1. The van der Waals surface area contributed by atoms with E-state index in [4.69, 9.17) is 4.74 Å². The van der Waals surface area contributed by atoms with Gasteiger partial charge in [-0.05, 0) is 18.6 Å². The van der Waals surface area contributed by atoms with Crippen molar-refractivity contribution in [3.8, 4) is 0 Å². The van der Waals surface area contributed by atoms with E-state index in [1.165, 1.54) is 19.7 Å². The first-order valence-electron chi connectivity index (χ1n) is 9.57. The Bertz CT molecular complexity index is 1140. The average molecular weight is 393 g/mol. The molecule has 1 aliphatic heterocycles. The van der Waals surface area contributed by atoms with Gasteiger partial charge in [0, 0.05) is 54.3 Å². The minimum atomic E-state index is -0.549. The second-order valence-electron chi connectivity index (χ2n) is 7.40. The number of nitrogens with zero attached hydrogens (tertiary/aromatic N) is 1. The Morgan fingerprint density at radius 3 is 2.66 bits per heavy atom. The van der Waals surface area contributed by atoms with Crippen molar-refractivity contribution in [2.24, 2.45) is 0 Å². The number of esters is 1. The van der Waals surface area contributed by atoms with Gasteiger partial charge in [-0.2, -0.15) is 0 Å². The molecule has 150 valence electrons. The average Bonchev–Trinajstić information content (AvgIpc) is 3.24. The molecule has 4 rings (SSSR count). The van der Waals surface area contributed by atoms with E-state index in [-0.39, 0.29) is 23.7 Å². The number of hydrogen-bond acceptors (Lipinski definition) is 4. The summed E-state index contributed by atoms with van der Waals surface area (Å²) in [7, 11) is 1.29. The molecule has 0 unspecified atom stereocenters. The predicted molar refractivity (Wildman–Crippen MR) is 108 cm³/mol. The van der Waals surface area contributed by atoms with E-state index < -0.39 is 5.97 Å². The molecule has 0 bridgehead atoms. The van der Waals surface area contributed by atoms with Gasteiger partial charge in [0.15, 0.2) is 5.78 Å². The van der Waals surface area contributed by atoms with Gasteiger partial charge in [0.25, 0.3) is 0 Å². The Morgan fingerprint density at radius 1 is 1.17 bits per heavy atom. The summed E-state index contributed by atoms with van der Waals surface area (Å²) in [4.78, 5) is 45.4. The van der Waals surface area contributed by atoms with Crippen LogP contribution in [0.4, 0.5) is 0 Å². The highest BCUT2D eigenvalue weighted by Gasteiger charge is 2.28. The number of carbonyl (C=O) groups excluding carboxylic acids is 3. The van der Waals surface area contributed by atoms with Gasteiger partial charge in [-0.3, -0.25) is 9.59 Å². The smallest absolute Gasteiger partial charge is 0.339 e. The van der Waals surface area contributed by atoms with Crippen molar-refractivity contribution in [2.75, 3.05) is 13.7 Å². The van der Waals surface area contributed by atoms with Gasteiger partial charge in [0.2, 0.25) is 5.91 Å². The molecule has 1 aromatic carbocycles. The van der Waals surface area contributed by atoms with Crippen molar-refractivity contribution in [1.29, 1.82) is 0 Å². The first-order chi connectivity index (χ1) is 13.9. The molecule has 1 amide bonds. The van der Waals surface area contributed by atoms with Gasteiger partial charge in [-0.1, -0.05) is 18.2 Å². The van der Waals surface area contributed by atoms with Crippen LogP contribution in [0, 0.1) is 6.92 Å². The van der Waals surface area contributed by atoms with Crippen LogP contribution in [-0.4, -0.2) is 46.2 Å². The molecule has 0 saturated carbocycles. The molecule has 3 aromatic rings. The lowest BCUT2D eigenvalue weighted by Gasteiger charge is -2.27. The number of carbonyl (C=O) groups is 3. The summed E-state index contributed by atoms with van der Waals surface area (Å²) in [6.07, 6.45) is 0.762. The third kappa shape index (κ3) is 3.22. The van der Waals surface area contributed by atoms with E-state index in [1.54, 1.807) is 11.8 Å². The van der Waals surface area contributed by atoms with Gasteiger partial charge in [0.1, 0.15) is 0 Å². The summed E-state index contributed by atoms with van der Waals surface area (Å²) in [5.74, 6) is -0.832. The fraction of sp³-hybridized carbons (Fsp3) is 0.318. The van der Waals surface area contributed by atoms with Crippen LogP contribution >= 0.6 is 0 Å². The summed E-state index contributed by atoms with van der Waals surface area (Å²) >= 11 is 0. The molecule has 29 heavy (non-hydrogen) atoms. The summed E-state index contributed by atoms with van der Waals surface area (Å²) in [6.45, 7) is 4.23. The van der Waals surface area contributed by atoms with Crippen molar-refractivity contribution in [1.82, 2.24) is 14.9 Å². The van der Waals surface area contributed by atoms with E-state index >= 15 is 0 Å². The van der Waals surface area contributed by atoms with Crippen LogP contribution in [0.2, 0.25) is 0 Å². The molecular weight excluding hydrogens is 370 g/mol. The van der Waals surface area contributed by atoms with Crippen molar-refractivity contribution < 1.29 is 19.1 Å². The maximum Gasteiger partial charge on any atom is 0.339 e. The molecule has 0 aliphatic carbocycles. The van der Waals surface area contributed by atoms with E-state index in [0.29, 0.717) is 30.0 Å². The second kappa shape index (κ2) is 7.24. The van der Waals surface area contributed by atoms with E-state index in [9.17, 15) is 14.4 Å². The number of methoxy groups -OCH3 is 1. The molecule has 7 nitrogen and oxygen atoms in total. The lowest BCUT2D eigenvalue weighted by molar-refractivity contribution is -0.131. The number of aromatic amines is 2. The zero-order chi connectivity index (χ0) is 20.7. The van der Waals surface area contributed by atoms with Crippen molar-refractivity contribution in [2.45, 2.75) is 33.2 Å². The zero-order valence-electron chi connectivity index (χ0n) is 16.7. The molecule has 0 radical (unpaired) electrons. The maximum atomic E-state index is 13.0. The zero-order valence-corrected chi connectivity index (χ0v) is 16.7. The molecule has 0 spiro atoms. The van der Waals surface area contributed by atoms with Gasteiger partial charge < -0.3 is 19.6 Å². The van der Waals surface area contributed by atoms with E-state index in [1.807, 2.05) is 18.2 Å². The highest BCUT2D eigenvalue weighted by molar-refractivity contribution is 6.01. The fourth-order valence-corrected chi connectivity index (χ4v) is 4.16. The molecule has 7 heteroatoms. The third-order valence-corrected chi connectivity index (χ3v) is 5.63. The molecule has 3 heterocycles. The van der Waals surface area contributed by atoms with Crippen molar-refractivity contribution in [3.05, 3.63) is 58.0 Å². The highest BCUT2D eigenvalue weighted by Crippen LogP contribution is 2.28. The number of H-pyrrole nitrogens is 2. The molecule has 1 aliphatic rings. The normalized spacial score (nSPS) is 13.4. The predicted octanol–water partition coefficient (Wildman–Crippen LogP) is 2.92. The number of fused-ring (bicyclic) bond motifs is 3. The number of para-hydroxylation sites is 1. The number of ketones is 1. The lowest BCUT2D eigenvalue weighted by atomic mass is 10.0. The van der Waals surface area contributed by atoms with Crippen LogP contribution in [0.3, 0.4) is 0 Å². The number of benzene rings is 1. The Morgan fingerprint density at radius 2 is 1.93 bits per heavy atom. The quantitative estimate of drug-likeness (QED) is 0.526. The summed E-state index contributed by atoms with van der Waals surface area (Å²) in [5.41, 5.74) is 4.94. The number of hydrogen-bond donors (Lipinski definition) is 2. The fourth-order valence-electron chi connectivity index (χ4n) is 4.16. The minimum absolute atomic E-state index is 0.0102. The van der Waals surface area contributed by atoms with Crippen LogP contribution in [0.25, 0.3) is 10.9 Å². The second-order valence-corrected chi connectivity index (χ2v) is 7.40. The maximum absolute atomic E-state index is 13.0. The van der Waals surface area contributed by atoms with Crippen LogP contribution in [-0.2, 0) is 28.9 Å². The van der Waals surface area contributed by atoms with Gasteiger partial charge in [-0.15, -0.1) is 0 Å². The minimum Gasteiger partial charge on any atom is -0.465 e. The SMILES string of the molecule is COC(=O)c1c(CC(=O)N2CCc3[nH]c4ccccc4c3C2)[nH]c(C(C)=O)c1C. The van der Waals surface area contributed by atoms with E-state index in [2.05, 4.69) is 16.0 Å². The largest absolute Gasteiger partial charge is 0.465 e.